The molecule has 1 unspecified atom stereocenters. The van der Waals surface area contributed by atoms with Crippen molar-refractivity contribution in [2.24, 2.45) is 5.73 Å². The molecular formula is C14H16FN3OS. The molecular weight excluding hydrogens is 277 g/mol. The van der Waals surface area contributed by atoms with Crippen LogP contribution in [0.15, 0.2) is 29.8 Å². The van der Waals surface area contributed by atoms with Crippen molar-refractivity contribution in [3.8, 4) is 0 Å². The summed E-state index contributed by atoms with van der Waals surface area (Å²) in [6, 6.07) is 4.21. The van der Waals surface area contributed by atoms with Gasteiger partial charge < -0.3 is 11.1 Å². The van der Waals surface area contributed by atoms with Crippen LogP contribution in [0.5, 0.6) is 0 Å². The minimum absolute atomic E-state index is 0.0756. The monoisotopic (exact) mass is 293 g/mol. The topological polar surface area (TPSA) is 68.0 Å². The summed E-state index contributed by atoms with van der Waals surface area (Å²) < 4.78 is 13.7. The summed E-state index contributed by atoms with van der Waals surface area (Å²) in [6.45, 7) is 2.36. The van der Waals surface area contributed by atoms with Crippen molar-refractivity contribution < 1.29 is 9.18 Å². The Balaban J connectivity index is 2.10. The molecule has 106 valence electrons. The second-order valence-electron chi connectivity index (χ2n) is 4.38. The van der Waals surface area contributed by atoms with Crippen LogP contribution in [-0.2, 0) is 6.54 Å². The molecule has 2 rings (SSSR count). The lowest BCUT2D eigenvalue weighted by molar-refractivity contribution is 0.1000. The number of amides is 1. The number of carbonyl (C=O) groups excluding carboxylic acids is 1. The van der Waals surface area contributed by atoms with Crippen LogP contribution >= 0.6 is 11.3 Å². The maximum Gasteiger partial charge on any atom is 0.248 e. The predicted molar refractivity (Wildman–Crippen MR) is 76.9 cm³/mol. The lowest BCUT2D eigenvalue weighted by Crippen LogP contribution is -2.21. The number of carbonyl (C=O) groups is 1. The number of thiazole rings is 1. The molecule has 1 heterocycles. The molecule has 0 aliphatic rings. The van der Waals surface area contributed by atoms with E-state index in [0.29, 0.717) is 17.7 Å². The minimum Gasteiger partial charge on any atom is -0.366 e. The Morgan fingerprint density at radius 3 is 2.95 bits per heavy atom. The van der Waals surface area contributed by atoms with Gasteiger partial charge in [0.15, 0.2) is 0 Å². The molecule has 0 aliphatic carbocycles. The maximum absolute atomic E-state index is 13.7. The fraction of sp³-hybridized carbons (Fsp3) is 0.286. The molecule has 0 saturated carbocycles. The summed E-state index contributed by atoms with van der Waals surface area (Å²) in [4.78, 5) is 15.4. The fourth-order valence-electron chi connectivity index (χ4n) is 1.91. The Labute approximate surface area is 120 Å². The lowest BCUT2D eigenvalue weighted by Gasteiger charge is -2.15. The van der Waals surface area contributed by atoms with Gasteiger partial charge in [0, 0.05) is 29.2 Å². The second kappa shape index (κ2) is 6.58. The molecule has 2 aromatic rings. The molecule has 0 aliphatic heterocycles. The molecule has 0 bridgehead atoms. The third kappa shape index (κ3) is 3.40. The number of nitrogens with one attached hydrogen (secondary N) is 1. The Morgan fingerprint density at radius 2 is 2.35 bits per heavy atom. The maximum atomic E-state index is 13.7. The van der Waals surface area contributed by atoms with Crippen molar-refractivity contribution >= 4 is 17.2 Å². The smallest absolute Gasteiger partial charge is 0.248 e. The molecule has 0 saturated heterocycles. The first-order chi connectivity index (χ1) is 9.61. The van der Waals surface area contributed by atoms with E-state index in [4.69, 9.17) is 5.73 Å². The molecule has 0 fully saturated rings. The number of hydrogen-bond acceptors (Lipinski definition) is 4. The first kappa shape index (κ1) is 14.6. The zero-order valence-electron chi connectivity index (χ0n) is 11.1. The zero-order chi connectivity index (χ0) is 14.5. The van der Waals surface area contributed by atoms with E-state index >= 15 is 0 Å². The van der Waals surface area contributed by atoms with Gasteiger partial charge in [-0.1, -0.05) is 6.92 Å². The molecule has 0 radical (unpaired) electrons. The van der Waals surface area contributed by atoms with Crippen LogP contribution in [-0.4, -0.2) is 10.9 Å². The van der Waals surface area contributed by atoms with E-state index in [1.165, 1.54) is 18.2 Å². The van der Waals surface area contributed by atoms with Crippen LogP contribution in [0.4, 0.5) is 4.39 Å². The van der Waals surface area contributed by atoms with Crippen molar-refractivity contribution in [3.05, 3.63) is 51.7 Å². The third-order valence-electron chi connectivity index (χ3n) is 3.03. The Morgan fingerprint density at radius 1 is 1.55 bits per heavy atom. The summed E-state index contributed by atoms with van der Waals surface area (Å²) in [5, 5.41) is 6.13. The standard InChI is InChI=1S/C14H16FN3OS/c1-2-12(14-17-5-6-20-14)18-8-10-7-9(13(16)19)3-4-11(10)15/h3-7,12,18H,2,8H2,1H3,(H2,16,19). The number of benzene rings is 1. The normalized spacial score (nSPS) is 12.3. The van der Waals surface area contributed by atoms with Gasteiger partial charge in [0.2, 0.25) is 5.91 Å². The number of aromatic nitrogens is 1. The summed E-state index contributed by atoms with van der Waals surface area (Å²) in [5.41, 5.74) is 5.94. The van der Waals surface area contributed by atoms with Gasteiger partial charge in [-0.05, 0) is 24.6 Å². The predicted octanol–water partition coefficient (Wildman–Crippen LogP) is 2.62. The van der Waals surface area contributed by atoms with Crippen molar-refractivity contribution in [2.45, 2.75) is 25.9 Å². The molecule has 1 atom stereocenters. The quantitative estimate of drug-likeness (QED) is 0.860. The molecule has 1 amide bonds. The average Bonchev–Trinajstić information content (AvgIpc) is 2.95. The number of rotatable bonds is 6. The molecule has 0 spiro atoms. The molecule has 1 aromatic carbocycles. The summed E-state index contributed by atoms with van der Waals surface area (Å²) in [5.74, 6) is -0.908. The highest BCUT2D eigenvalue weighted by molar-refractivity contribution is 7.09. The van der Waals surface area contributed by atoms with Crippen molar-refractivity contribution in [2.75, 3.05) is 0 Å². The third-order valence-corrected chi connectivity index (χ3v) is 3.92. The SMILES string of the molecule is CCC(NCc1cc(C(N)=O)ccc1F)c1nccs1. The number of hydrogen-bond donors (Lipinski definition) is 2. The van der Waals surface area contributed by atoms with E-state index in [1.54, 1.807) is 17.5 Å². The number of halogens is 1. The van der Waals surface area contributed by atoms with Gasteiger partial charge in [0.1, 0.15) is 10.8 Å². The number of nitrogens with two attached hydrogens (primary N) is 1. The first-order valence-electron chi connectivity index (χ1n) is 6.32. The van der Waals surface area contributed by atoms with E-state index in [1.807, 2.05) is 12.3 Å². The van der Waals surface area contributed by atoms with Gasteiger partial charge in [0.25, 0.3) is 0 Å². The Hall–Kier alpha value is -1.79. The highest BCUT2D eigenvalue weighted by Crippen LogP contribution is 2.20. The van der Waals surface area contributed by atoms with Crippen LogP contribution < -0.4 is 11.1 Å². The van der Waals surface area contributed by atoms with Gasteiger partial charge in [-0.2, -0.15) is 0 Å². The molecule has 4 nitrogen and oxygen atoms in total. The van der Waals surface area contributed by atoms with Gasteiger partial charge >= 0.3 is 0 Å². The van der Waals surface area contributed by atoms with Gasteiger partial charge in [-0.15, -0.1) is 11.3 Å². The van der Waals surface area contributed by atoms with E-state index in [-0.39, 0.29) is 11.9 Å². The van der Waals surface area contributed by atoms with Crippen molar-refractivity contribution in [3.63, 3.8) is 0 Å². The van der Waals surface area contributed by atoms with Gasteiger partial charge in [0.05, 0.1) is 6.04 Å². The van der Waals surface area contributed by atoms with E-state index in [2.05, 4.69) is 10.3 Å². The van der Waals surface area contributed by atoms with E-state index < -0.39 is 5.91 Å². The fourth-order valence-corrected chi connectivity index (χ4v) is 2.71. The van der Waals surface area contributed by atoms with Crippen LogP contribution in [0.1, 0.15) is 40.3 Å². The van der Waals surface area contributed by atoms with Gasteiger partial charge in [-0.25, -0.2) is 9.37 Å². The lowest BCUT2D eigenvalue weighted by atomic mass is 10.1. The Kier molecular flexibility index (Phi) is 4.81. The zero-order valence-corrected chi connectivity index (χ0v) is 11.9. The molecule has 6 heteroatoms. The van der Waals surface area contributed by atoms with E-state index in [9.17, 15) is 9.18 Å². The van der Waals surface area contributed by atoms with Gasteiger partial charge in [-0.3, -0.25) is 4.79 Å². The highest BCUT2D eigenvalue weighted by atomic mass is 32.1. The van der Waals surface area contributed by atoms with Crippen molar-refractivity contribution in [1.29, 1.82) is 0 Å². The summed E-state index contributed by atoms with van der Waals surface area (Å²) in [6.07, 6.45) is 2.60. The first-order valence-corrected chi connectivity index (χ1v) is 7.20. The summed E-state index contributed by atoms with van der Waals surface area (Å²) >= 11 is 1.56. The number of primary amides is 1. The van der Waals surface area contributed by atoms with E-state index in [0.717, 1.165) is 11.4 Å². The highest BCUT2D eigenvalue weighted by Gasteiger charge is 2.13. The molecule has 3 N–H and O–H groups in total. The Bertz CT molecular complexity index is 586. The van der Waals surface area contributed by atoms with Crippen LogP contribution in [0.25, 0.3) is 0 Å². The minimum atomic E-state index is -0.557. The molecule has 20 heavy (non-hydrogen) atoms. The summed E-state index contributed by atoms with van der Waals surface area (Å²) in [7, 11) is 0. The largest absolute Gasteiger partial charge is 0.366 e. The number of nitrogens with zero attached hydrogens (tertiary/aromatic N) is 1. The molecule has 1 aromatic heterocycles. The van der Waals surface area contributed by atoms with Crippen molar-refractivity contribution in [1.82, 2.24) is 10.3 Å². The van der Waals surface area contributed by atoms with Crippen LogP contribution in [0.2, 0.25) is 0 Å². The average molecular weight is 293 g/mol. The van der Waals surface area contributed by atoms with Crippen LogP contribution in [0, 0.1) is 5.82 Å². The second-order valence-corrected chi connectivity index (χ2v) is 5.31. The van der Waals surface area contributed by atoms with Crippen LogP contribution in [0.3, 0.4) is 0 Å².